The Hall–Kier alpha value is -3.97. The molecule has 5 heterocycles. The number of hydrogen-bond acceptors (Lipinski definition) is 6. The Kier molecular flexibility index (Phi) is 5.86. The number of halogens is 1. The molecule has 0 saturated carbocycles. The molecule has 0 aliphatic carbocycles. The molecule has 8 bridgehead atoms. The number of fused-ring (bicyclic) bond motifs is 4. The average molecular weight is 520 g/mol. The second-order valence-electron chi connectivity index (χ2n) is 7.81. The Morgan fingerprint density at radius 2 is 1.26 bits per heavy atom. The van der Waals surface area contributed by atoms with Crippen LogP contribution in [0.15, 0.2) is 132 Å². The molecule has 5 aliphatic rings. The maximum atomic E-state index is 11.8. The molecule has 1 aromatic carbocycles. The van der Waals surface area contributed by atoms with Crippen LogP contribution < -0.4 is 0 Å². The van der Waals surface area contributed by atoms with Gasteiger partial charge in [0.2, 0.25) is 0 Å². The van der Waals surface area contributed by atoms with Crippen molar-refractivity contribution >= 4 is 46.5 Å². The van der Waals surface area contributed by atoms with Gasteiger partial charge in [-0.25, -0.2) is 0 Å². The van der Waals surface area contributed by atoms with Crippen molar-refractivity contribution in [2.45, 2.75) is 0 Å². The third-order valence-corrected chi connectivity index (χ3v) is 6.12. The topological polar surface area (TPSA) is 92.6 Å². The average Bonchev–Trinajstić information content (AvgIpc) is 3.60. The molecule has 0 fully saturated rings. The molecule has 170 valence electrons. The van der Waals surface area contributed by atoms with Gasteiger partial charge in [0, 0.05) is 0 Å². The summed E-state index contributed by atoms with van der Waals surface area (Å²) in [5.41, 5.74) is 6.92. The zero-order valence-electron chi connectivity index (χ0n) is 17.9. The van der Waals surface area contributed by atoms with Crippen LogP contribution in [0.5, 0.6) is 0 Å². The summed E-state index contributed by atoms with van der Waals surface area (Å²) in [4.78, 5) is 30.1. The van der Waals surface area contributed by atoms with Gasteiger partial charge in [-0.15, -0.1) is 12.4 Å². The van der Waals surface area contributed by atoms with Crippen LogP contribution in [0.2, 0.25) is 0 Å². The van der Waals surface area contributed by atoms with Crippen molar-refractivity contribution in [2.75, 3.05) is 0 Å². The fourth-order valence-corrected chi connectivity index (χ4v) is 4.49. The van der Waals surface area contributed by atoms with Crippen LogP contribution in [0, 0.1) is 10.1 Å². The van der Waals surface area contributed by atoms with Crippen molar-refractivity contribution in [3.8, 4) is 0 Å². The molecule has 0 N–H and O–H groups in total. The third kappa shape index (κ3) is 4.30. The zero-order valence-corrected chi connectivity index (χ0v) is 19.9. The predicted molar refractivity (Wildman–Crippen MR) is 137 cm³/mol. The van der Waals surface area contributed by atoms with Crippen LogP contribution in [0.1, 0.15) is 5.56 Å². The fraction of sp³-hybridized carbons (Fsp3) is 0. The van der Waals surface area contributed by atoms with Crippen LogP contribution >= 0.6 is 12.4 Å². The summed E-state index contributed by atoms with van der Waals surface area (Å²) in [5, 5.41) is 11.8. The van der Waals surface area contributed by atoms with E-state index in [1.807, 2.05) is 60.8 Å². The van der Waals surface area contributed by atoms with E-state index in [4.69, 9.17) is 4.99 Å². The molecule has 0 radical (unpaired) electrons. The van der Waals surface area contributed by atoms with Gasteiger partial charge >= 0.3 is 203 Å². The molecule has 0 atom stereocenters. The van der Waals surface area contributed by atoms with E-state index >= 15 is 0 Å². The monoisotopic (exact) mass is 519 g/mol. The molecular formula is C26H15ClMnN5O2. The summed E-state index contributed by atoms with van der Waals surface area (Å²) in [6, 6.07) is 6.65. The molecule has 0 saturated heterocycles. The van der Waals surface area contributed by atoms with Crippen LogP contribution in [-0.4, -0.2) is 27.8 Å². The molecule has 5 aliphatic heterocycles. The summed E-state index contributed by atoms with van der Waals surface area (Å²) in [6.07, 6.45) is 19.0. The molecule has 9 heteroatoms. The number of para-hydroxylation sites is 1. The number of nitro benzene ring substituents is 1. The van der Waals surface area contributed by atoms with Gasteiger partial charge in [-0.1, -0.05) is 0 Å². The number of aliphatic imine (C=N–C) groups is 4. The second kappa shape index (κ2) is 9.00. The van der Waals surface area contributed by atoms with Crippen molar-refractivity contribution in [3.63, 3.8) is 0 Å². The number of nitrogens with zero attached hydrogens (tertiary/aromatic N) is 5. The minimum absolute atomic E-state index is 0. The van der Waals surface area contributed by atoms with Crippen molar-refractivity contribution in [1.29, 1.82) is 0 Å². The number of allylic oxidation sites excluding steroid dienone is 12. The Morgan fingerprint density at radius 1 is 0.714 bits per heavy atom. The Labute approximate surface area is 215 Å². The summed E-state index contributed by atoms with van der Waals surface area (Å²) in [6.45, 7) is 0. The predicted octanol–water partition coefficient (Wildman–Crippen LogP) is 5.31. The zero-order chi connectivity index (χ0) is 23.2. The number of hydrogen-bond donors (Lipinski definition) is 0. The van der Waals surface area contributed by atoms with E-state index in [-0.39, 0.29) is 23.0 Å². The molecular weight excluding hydrogens is 505 g/mol. The van der Waals surface area contributed by atoms with Gasteiger partial charge < -0.3 is 0 Å². The SMILES string of the molecule is Cl.O=[N+]([O-])c1ccccc1C1=[C]([Mn])C2=NC1=CC1=NC(=CC3=NC(=CC4=NC(=C2)C=C4)C=C3)C=C1. The van der Waals surface area contributed by atoms with Crippen LogP contribution in [-0.2, 0) is 16.0 Å². The van der Waals surface area contributed by atoms with Gasteiger partial charge in [-0.05, 0) is 0 Å². The molecule has 6 rings (SSSR count). The first kappa shape index (κ1) is 22.8. The first-order chi connectivity index (χ1) is 16.5. The Bertz CT molecular complexity index is 1580. The summed E-state index contributed by atoms with van der Waals surface area (Å²) < 4.78 is 0.658. The first-order valence-corrected chi connectivity index (χ1v) is 11.0. The fourth-order valence-electron chi connectivity index (χ4n) is 4.02. The van der Waals surface area contributed by atoms with Gasteiger partial charge in [0.1, 0.15) is 0 Å². The van der Waals surface area contributed by atoms with Crippen molar-refractivity contribution in [3.05, 3.63) is 128 Å². The quantitative estimate of drug-likeness (QED) is 0.301. The third-order valence-electron chi connectivity index (χ3n) is 5.52. The van der Waals surface area contributed by atoms with E-state index in [1.54, 1.807) is 18.2 Å². The van der Waals surface area contributed by atoms with E-state index in [2.05, 4.69) is 31.0 Å². The second-order valence-corrected chi connectivity index (χ2v) is 8.40. The van der Waals surface area contributed by atoms with E-state index in [1.165, 1.54) is 6.07 Å². The van der Waals surface area contributed by atoms with Gasteiger partial charge in [-0.2, -0.15) is 0 Å². The molecule has 0 aromatic heterocycles. The van der Waals surface area contributed by atoms with E-state index < -0.39 is 0 Å². The van der Waals surface area contributed by atoms with E-state index in [9.17, 15) is 10.1 Å². The minimum atomic E-state index is -0.382. The van der Waals surface area contributed by atoms with Crippen molar-refractivity contribution in [1.82, 2.24) is 0 Å². The standard InChI is InChI=1S/C26H14N5O2.ClH.Mn/c32-31(33)26-4-2-1-3-23(26)24-14-22-13-20-8-7-18(28-20)11-16-5-6-17(27-16)12-19-9-10-21(29-19)15-25(24)30-22;;/h1-13,15H;1H;. The van der Waals surface area contributed by atoms with Gasteiger partial charge in [0.25, 0.3) is 0 Å². The van der Waals surface area contributed by atoms with Crippen LogP contribution in [0.4, 0.5) is 5.69 Å². The van der Waals surface area contributed by atoms with Gasteiger partial charge in [0.15, 0.2) is 0 Å². The Morgan fingerprint density at radius 3 is 1.86 bits per heavy atom. The normalized spacial score (nSPS) is 19.3. The first-order valence-electron chi connectivity index (χ1n) is 10.4. The van der Waals surface area contributed by atoms with Crippen LogP contribution in [0.25, 0.3) is 5.57 Å². The summed E-state index contributed by atoms with van der Waals surface area (Å²) in [7, 11) is 0. The number of benzene rings is 1. The summed E-state index contributed by atoms with van der Waals surface area (Å²) in [5.74, 6) is 0. The van der Waals surface area contributed by atoms with Crippen molar-refractivity contribution in [2.24, 2.45) is 20.0 Å². The summed E-state index contributed by atoms with van der Waals surface area (Å²) >= 11 is 3.66. The Balaban J connectivity index is 0.00000253. The molecule has 7 nitrogen and oxygen atoms in total. The van der Waals surface area contributed by atoms with E-state index in [0.717, 1.165) is 28.5 Å². The molecule has 35 heavy (non-hydrogen) atoms. The maximum absolute atomic E-state index is 11.8. The number of nitro groups is 1. The molecule has 0 spiro atoms. The van der Waals surface area contributed by atoms with Crippen molar-refractivity contribution < 1.29 is 20.9 Å². The van der Waals surface area contributed by atoms with Gasteiger partial charge in [0.05, 0.1) is 0 Å². The van der Waals surface area contributed by atoms with E-state index in [0.29, 0.717) is 32.7 Å². The molecule has 0 unspecified atom stereocenters. The molecule has 0 amide bonds. The van der Waals surface area contributed by atoms with Gasteiger partial charge in [-0.3, -0.25) is 0 Å². The number of rotatable bonds is 2. The molecule has 1 aromatic rings. The van der Waals surface area contributed by atoms with Crippen LogP contribution in [0.3, 0.4) is 0 Å².